The summed E-state index contributed by atoms with van der Waals surface area (Å²) in [5.41, 5.74) is 3.39. The van der Waals surface area contributed by atoms with Gasteiger partial charge in [-0.25, -0.2) is 4.79 Å². The van der Waals surface area contributed by atoms with Crippen molar-refractivity contribution in [2.45, 2.75) is 26.2 Å². The molecule has 2 rings (SSSR count). The van der Waals surface area contributed by atoms with E-state index < -0.39 is 11.9 Å². The van der Waals surface area contributed by atoms with Gasteiger partial charge in [0.15, 0.2) is 0 Å². The Morgan fingerprint density at radius 1 is 1.32 bits per heavy atom. The van der Waals surface area contributed by atoms with E-state index in [9.17, 15) is 9.59 Å². The number of aryl methyl sites for hydroxylation is 2. The van der Waals surface area contributed by atoms with Crippen LogP contribution in [0.3, 0.4) is 0 Å². The molecule has 2 amide bonds. The molecule has 1 unspecified atom stereocenters. The number of rotatable bonds is 4. The molecule has 1 atom stereocenters. The third-order valence-electron chi connectivity index (χ3n) is 3.35. The molecule has 0 radical (unpaired) electrons. The Morgan fingerprint density at radius 3 is 2.79 bits per heavy atom. The number of carbonyl (C=O) groups excluding carboxylic acids is 1. The Hall–Kier alpha value is -2.04. The Bertz CT molecular complexity index is 499. The monoisotopic (exact) mass is 262 g/mol. The molecule has 0 bridgehead atoms. The topological polar surface area (TPSA) is 78.4 Å². The molecule has 19 heavy (non-hydrogen) atoms. The third-order valence-corrected chi connectivity index (χ3v) is 3.35. The van der Waals surface area contributed by atoms with Gasteiger partial charge in [-0.1, -0.05) is 13.0 Å². The van der Waals surface area contributed by atoms with Gasteiger partial charge in [0.05, 0.1) is 5.92 Å². The minimum atomic E-state index is -0.919. The van der Waals surface area contributed by atoms with Crippen LogP contribution in [0.2, 0.25) is 0 Å². The highest BCUT2D eigenvalue weighted by molar-refractivity contribution is 5.89. The zero-order valence-corrected chi connectivity index (χ0v) is 10.9. The summed E-state index contributed by atoms with van der Waals surface area (Å²) in [5.74, 6) is -1.51. The van der Waals surface area contributed by atoms with Crippen molar-refractivity contribution in [3.8, 4) is 0 Å². The Morgan fingerprint density at radius 2 is 2.05 bits per heavy atom. The number of hydrogen-bond donors (Lipinski definition) is 3. The van der Waals surface area contributed by atoms with Gasteiger partial charge in [0, 0.05) is 12.2 Å². The van der Waals surface area contributed by atoms with Crippen LogP contribution in [0, 0.1) is 5.92 Å². The predicted octanol–water partition coefficient (Wildman–Crippen LogP) is 2.02. The zero-order valence-electron chi connectivity index (χ0n) is 10.9. The van der Waals surface area contributed by atoms with Gasteiger partial charge in [0.2, 0.25) is 0 Å². The Balaban J connectivity index is 1.87. The average molecular weight is 262 g/mol. The van der Waals surface area contributed by atoms with Crippen LogP contribution in [0.25, 0.3) is 0 Å². The Labute approximate surface area is 112 Å². The number of carboxylic acid groups (broad SMARTS) is 1. The van der Waals surface area contributed by atoms with Crippen molar-refractivity contribution in [2.75, 3.05) is 11.9 Å². The summed E-state index contributed by atoms with van der Waals surface area (Å²) in [4.78, 5) is 22.3. The number of urea groups is 1. The Kier molecular flexibility index (Phi) is 4.04. The van der Waals surface area contributed by atoms with Gasteiger partial charge >= 0.3 is 12.0 Å². The van der Waals surface area contributed by atoms with Gasteiger partial charge in [0.1, 0.15) is 0 Å². The molecule has 1 aromatic carbocycles. The first-order chi connectivity index (χ1) is 9.06. The van der Waals surface area contributed by atoms with Crippen LogP contribution in [-0.2, 0) is 17.6 Å². The number of nitrogens with one attached hydrogen (secondary N) is 2. The fourth-order valence-electron chi connectivity index (χ4n) is 2.16. The minimum Gasteiger partial charge on any atom is -0.481 e. The lowest BCUT2D eigenvalue weighted by molar-refractivity contribution is -0.140. The molecule has 0 saturated heterocycles. The predicted molar refractivity (Wildman–Crippen MR) is 72.3 cm³/mol. The summed E-state index contributed by atoms with van der Waals surface area (Å²) < 4.78 is 0. The van der Waals surface area contributed by atoms with Crippen LogP contribution in [0.4, 0.5) is 10.5 Å². The number of carboxylic acids is 1. The lowest BCUT2D eigenvalue weighted by Crippen LogP contribution is -2.34. The maximum atomic E-state index is 11.6. The van der Waals surface area contributed by atoms with Gasteiger partial charge < -0.3 is 15.7 Å². The van der Waals surface area contributed by atoms with E-state index in [1.165, 1.54) is 17.5 Å². The SMILES string of the molecule is CC(CNC(=O)Nc1ccc2c(c1)CCC2)C(=O)O. The highest BCUT2D eigenvalue weighted by Crippen LogP contribution is 2.24. The lowest BCUT2D eigenvalue weighted by Gasteiger charge is -2.10. The molecule has 1 aliphatic rings. The van der Waals surface area contributed by atoms with Crippen LogP contribution < -0.4 is 10.6 Å². The second kappa shape index (κ2) is 5.73. The average Bonchev–Trinajstić information content (AvgIpc) is 2.83. The van der Waals surface area contributed by atoms with Crippen molar-refractivity contribution in [1.29, 1.82) is 0 Å². The molecule has 1 aliphatic carbocycles. The van der Waals surface area contributed by atoms with E-state index in [-0.39, 0.29) is 12.6 Å². The van der Waals surface area contributed by atoms with E-state index in [1.807, 2.05) is 18.2 Å². The van der Waals surface area contributed by atoms with Crippen LogP contribution in [-0.4, -0.2) is 23.7 Å². The number of benzene rings is 1. The van der Waals surface area contributed by atoms with Crippen LogP contribution >= 0.6 is 0 Å². The second-order valence-corrected chi connectivity index (χ2v) is 4.91. The lowest BCUT2D eigenvalue weighted by atomic mass is 10.1. The smallest absolute Gasteiger partial charge is 0.319 e. The van der Waals surface area contributed by atoms with Crippen molar-refractivity contribution in [3.63, 3.8) is 0 Å². The van der Waals surface area contributed by atoms with E-state index in [4.69, 9.17) is 5.11 Å². The van der Waals surface area contributed by atoms with E-state index in [0.29, 0.717) is 0 Å². The number of fused-ring (bicyclic) bond motifs is 1. The first-order valence-corrected chi connectivity index (χ1v) is 6.45. The van der Waals surface area contributed by atoms with Gasteiger partial charge in [-0.2, -0.15) is 0 Å². The molecule has 3 N–H and O–H groups in total. The van der Waals surface area contributed by atoms with Gasteiger partial charge in [-0.3, -0.25) is 4.79 Å². The molecule has 0 heterocycles. The first kappa shape index (κ1) is 13.4. The van der Waals surface area contributed by atoms with Crippen molar-refractivity contribution >= 4 is 17.7 Å². The second-order valence-electron chi connectivity index (χ2n) is 4.91. The third kappa shape index (κ3) is 3.47. The fraction of sp³-hybridized carbons (Fsp3) is 0.429. The summed E-state index contributed by atoms with van der Waals surface area (Å²) in [7, 11) is 0. The van der Waals surface area contributed by atoms with E-state index in [1.54, 1.807) is 6.92 Å². The van der Waals surface area contributed by atoms with Crippen molar-refractivity contribution in [1.82, 2.24) is 5.32 Å². The standard InChI is InChI=1S/C14H18N2O3/c1-9(13(17)18)8-15-14(19)16-12-6-5-10-3-2-4-11(10)7-12/h5-7,9H,2-4,8H2,1H3,(H,17,18)(H2,15,16,19). The molecule has 5 heteroatoms. The number of anilines is 1. The molecule has 1 aromatic rings. The zero-order chi connectivity index (χ0) is 13.8. The highest BCUT2D eigenvalue weighted by Gasteiger charge is 2.13. The molecule has 0 fully saturated rings. The molecule has 0 saturated carbocycles. The van der Waals surface area contributed by atoms with Gasteiger partial charge in [-0.15, -0.1) is 0 Å². The first-order valence-electron chi connectivity index (χ1n) is 6.45. The number of amides is 2. The van der Waals surface area contributed by atoms with Crippen LogP contribution in [0.5, 0.6) is 0 Å². The quantitative estimate of drug-likeness (QED) is 0.776. The molecule has 0 aliphatic heterocycles. The number of hydrogen-bond acceptors (Lipinski definition) is 2. The maximum absolute atomic E-state index is 11.6. The summed E-state index contributed by atoms with van der Waals surface area (Å²) in [6, 6.07) is 5.54. The fourth-order valence-corrected chi connectivity index (χ4v) is 2.16. The number of carbonyl (C=O) groups is 2. The molecule has 5 nitrogen and oxygen atoms in total. The molecular formula is C14H18N2O3. The van der Waals surface area contributed by atoms with Crippen molar-refractivity contribution in [2.24, 2.45) is 5.92 Å². The molecule has 0 spiro atoms. The van der Waals surface area contributed by atoms with E-state index in [2.05, 4.69) is 10.6 Å². The van der Waals surface area contributed by atoms with Gasteiger partial charge in [0.25, 0.3) is 0 Å². The molecule has 102 valence electrons. The van der Waals surface area contributed by atoms with Crippen molar-refractivity contribution < 1.29 is 14.7 Å². The largest absolute Gasteiger partial charge is 0.481 e. The number of aliphatic carboxylic acids is 1. The summed E-state index contributed by atoms with van der Waals surface area (Å²) in [6.45, 7) is 1.67. The maximum Gasteiger partial charge on any atom is 0.319 e. The summed E-state index contributed by atoms with van der Waals surface area (Å²) in [6.07, 6.45) is 3.33. The molecule has 0 aromatic heterocycles. The normalized spacial score (nSPS) is 14.6. The van der Waals surface area contributed by atoms with Crippen LogP contribution in [0.1, 0.15) is 24.5 Å². The highest BCUT2D eigenvalue weighted by atomic mass is 16.4. The van der Waals surface area contributed by atoms with E-state index in [0.717, 1.165) is 18.5 Å². The summed E-state index contributed by atoms with van der Waals surface area (Å²) >= 11 is 0. The minimum absolute atomic E-state index is 0.117. The van der Waals surface area contributed by atoms with Crippen LogP contribution in [0.15, 0.2) is 18.2 Å². The van der Waals surface area contributed by atoms with Gasteiger partial charge in [-0.05, 0) is 42.5 Å². The van der Waals surface area contributed by atoms with E-state index >= 15 is 0 Å². The molecular weight excluding hydrogens is 244 g/mol. The summed E-state index contributed by atoms with van der Waals surface area (Å²) in [5, 5.41) is 14.0. The van der Waals surface area contributed by atoms with Crippen molar-refractivity contribution in [3.05, 3.63) is 29.3 Å².